The first-order valence-corrected chi connectivity index (χ1v) is 12.4. The molecule has 1 aromatic heterocycles. The van der Waals surface area contributed by atoms with Crippen molar-refractivity contribution >= 4 is 11.6 Å². The van der Waals surface area contributed by atoms with Gasteiger partial charge in [-0.3, -0.25) is 4.90 Å². The monoisotopic (exact) mass is 490 g/mol. The highest BCUT2D eigenvalue weighted by atomic mass is 19.1. The Bertz CT molecular complexity index is 1200. The fraction of sp³-hybridized carbons (Fsp3) is 0.357. The minimum Gasteiger partial charge on any atom is -0.492 e. The van der Waals surface area contributed by atoms with E-state index >= 15 is 0 Å². The summed E-state index contributed by atoms with van der Waals surface area (Å²) in [5.74, 6) is 0.964. The lowest BCUT2D eigenvalue weighted by Crippen LogP contribution is -2.25. The molecule has 3 aromatic rings. The summed E-state index contributed by atoms with van der Waals surface area (Å²) in [5, 5.41) is 3.28. The second-order valence-electron chi connectivity index (χ2n) is 8.92. The summed E-state index contributed by atoms with van der Waals surface area (Å²) >= 11 is 0. The van der Waals surface area contributed by atoms with E-state index in [0.717, 1.165) is 42.2 Å². The van der Waals surface area contributed by atoms with Crippen LogP contribution in [0, 0.1) is 5.82 Å². The van der Waals surface area contributed by atoms with E-state index in [1.807, 2.05) is 30.4 Å². The average molecular weight is 491 g/mol. The van der Waals surface area contributed by atoms with Crippen LogP contribution >= 0.6 is 0 Å². The van der Waals surface area contributed by atoms with E-state index in [-0.39, 0.29) is 12.4 Å². The van der Waals surface area contributed by atoms with Crippen LogP contribution in [0.3, 0.4) is 0 Å². The van der Waals surface area contributed by atoms with Crippen LogP contribution in [0.1, 0.15) is 24.0 Å². The summed E-state index contributed by atoms with van der Waals surface area (Å²) in [6.45, 7) is 5.24. The van der Waals surface area contributed by atoms with Gasteiger partial charge in [-0.2, -0.15) is 0 Å². The molecule has 8 heteroatoms. The minimum atomic E-state index is -0.303. The Labute approximate surface area is 210 Å². The Morgan fingerprint density at radius 2 is 1.75 bits per heavy atom. The zero-order valence-corrected chi connectivity index (χ0v) is 20.3. The van der Waals surface area contributed by atoms with Crippen molar-refractivity contribution in [3.8, 4) is 17.0 Å². The SMILES string of the molecule is Fc1ccc2cc1COC/C=C/COCc1cc(ccc1OCCN1CCCC1)Nc1nccc-2n1. The van der Waals surface area contributed by atoms with Gasteiger partial charge in [-0.1, -0.05) is 12.2 Å². The third-order valence-electron chi connectivity index (χ3n) is 6.29. The quantitative estimate of drug-likeness (QED) is 0.510. The van der Waals surface area contributed by atoms with Crippen LogP contribution in [0.4, 0.5) is 16.0 Å². The van der Waals surface area contributed by atoms with E-state index in [0.29, 0.717) is 43.6 Å². The zero-order valence-electron chi connectivity index (χ0n) is 20.3. The van der Waals surface area contributed by atoms with Crippen LogP contribution in [-0.4, -0.2) is 54.3 Å². The minimum absolute atomic E-state index is 0.170. The molecule has 2 aliphatic rings. The summed E-state index contributed by atoms with van der Waals surface area (Å²) in [5.41, 5.74) is 3.76. The summed E-state index contributed by atoms with van der Waals surface area (Å²) in [7, 11) is 0. The second-order valence-corrected chi connectivity index (χ2v) is 8.92. The number of rotatable bonds is 4. The van der Waals surface area contributed by atoms with Crippen LogP contribution in [0.25, 0.3) is 11.3 Å². The van der Waals surface area contributed by atoms with Crippen molar-refractivity contribution < 1.29 is 18.6 Å². The maximum atomic E-state index is 14.3. The molecular weight excluding hydrogens is 459 g/mol. The molecule has 0 amide bonds. The van der Waals surface area contributed by atoms with Crippen LogP contribution in [0.15, 0.2) is 60.8 Å². The van der Waals surface area contributed by atoms with Gasteiger partial charge in [-0.25, -0.2) is 14.4 Å². The van der Waals surface area contributed by atoms with Crippen LogP contribution in [0.2, 0.25) is 0 Å². The van der Waals surface area contributed by atoms with Crippen LogP contribution in [0.5, 0.6) is 5.75 Å². The van der Waals surface area contributed by atoms with Crippen molar-refractivity contribution in [2.24, 2.45) is 0 Å². The lowest BCUT2D eigenvalue weighted by atomic mass is 10.1. The molecule has 5 rings (SSSR count). The molecule has 2 aromatic carbocycles. The summed E-state index contributed by atoms with van der Waals surface area (Å²) in [6.07, 6.45) is 8.01. The van der Waals surface area contributed by atoms with Crippen molar-refractivity contribution in [3.05, 3.63) is 77.8 Å². The third kappa shape index (κ3) is 6.46. The smallest absolute Gasteiger partial charge is 0.227 e. The van der Waals surface area contributed by atoms with Crippen molar-refractivity contribution in [1.82, 2.24) is 14.9 Å². The van der Waals surface area contributed by atoms with Gasteiger partial charge in [0.05, 0.1) is 32.1 Å². The molecule has 2 aliphatic heterocycles. The van der Waals surface area contributed by atoms with Gasteiger partial charge >= 0.3 is 0 Å². The molecule has 3 heterocycles. The first-order valence-electron chi connectivity index (χ1n) is 12.4. The van der Waals surface area contributed by atoms with E-state index in [9.17, 15) is 4.39 Å². The first kappa shape index (κ1) is 24.4. The Balaban J connectivity index is 1.38. The van der Waals surface area contributed by atoms with E-state index in [2.05, 4.69) is 20.2 Å². The van der Waals surface area contributed by atoms with Crippen LogP contribution < -0.4 is 10.1 Å². The Hall–Kier alpha value is -3.33. The maximum absolute atomic E-state index is 14.3. The van der Waals surface area contributed by atoms with Crippen molar-refractivity contribution in [2.45, 2.75) is 26.1 Å². The molecule has 1 N–H and O–H groups in total. The number of aromatic nitrogens is 2. The number of hydrogen-bond acceptors (Lipinski definition) is 7. The lowest BCUT2D eigenvalue weighted by molar-refractivity contribution is 0.137. The van der Waals surface area contributed by atoms with Crippen LogP contribution in [-0.2, 0) is 22.7 Å². The van der Waals surface area contributed by atoms with E-state index in [4.69, 9.17) is 14.2 Å². The first-order chi connectivity index (χ1) is 17.7. The molecule has 6 bridgehead atoms. The molecule has 0 radical (unpaired) electrons. The number of halogens is 1. The predicted octanol–water partition coefficient (Wildman–Crippen LogP) is 5.10. The molecule has 1 fully saturated rings. The van der Waals surface area contributed by atoms with Gasteiger partial charge in [0, 0.05) is 35.1 Å². The van der Waals surface area contributed by atoms with Gasteiger partial charge in [-0.15, -0.1) is 0 Å². The molecule has 188 valence electrons. The zero-order chi connectivity index (χ0) is 24.6. The molecule has 7 nitrogen and oxygen atoms in total. The van der Waals surface area contributed by atoms with E-state index in [1.165, 1.54) is 18.9 Å². The van der Waals surface area contributed by atoms with Crippen molar-refractivity contribution in [3.63, 3.8) is 0 Å². The number of benzene rings is 2. The number of hydrogen-bond donors (Lipinski definition) is 1. The number of ether oxygens (including phenoxy) is 3. The van der Waals surface area contributed by atoms with E-state index < -0.39 is 0 Å². The third-order valence-corrected chi connectivity index (χ3v) is 6.29. The van der Waals surface area contributed by atoms with Crippen molar-refractivity contribution in [2.75, 3.05) is 44.8 Å². The Morgan fingerprint density at radius 1 is 0.944 bits per heavy atom. The van der Waals surface area contributed by atoms with E-state index in [1.54, 1.807) is 24.4 Å². The number of nitrogens with zero attached hydrogens (tertiary/aromatic N) is 3. The number of nitrogens with one attached hydrogen (secondary N) is 1. The largest absolute Gasteiger partial charge is 0.492 e. The molecule has 1 saturated heterocycles. The maximum Gasteiger partial charge on any atom is 0.227 e. The Morgan fingerprint density at radius 3 is 2.58 bits per heavy atom. The molecule has 0 unspecified atom stereocenters. The number of likely N-dealkylation sites (tertiary alicyclic amines) is 1. The number of anilines is 2. The normalized spacial score (nSPS) is 17.6. The molecular formula is C28H31FN4O3. The second kappa shape index (κ2) is 12.1. The highest BCUT2D eigenvalue weighted by Gasteiger charge is 2.13. The summed E-state index contributed by atoms with van der Waals surface area (Å²) < 4.78 is 32.0. The number of fused-ring (bicyclic) bond motifs is 7. The van der Waals surface area contributed by atoms with Gasteiger partial charge in [-0.05, 0) is 68.4 Å². The average Bonchev–Trinajstić information content (AvgIpc) is 3.41. The molecule has 0 aliphatic carbocycles. The van der Waals surface area contributed by atoms with Gasteiger partial charge in [0.15, 0.2) is 0 Å². The predicted molar refractivity (Wildman–Crippen MR) is 137 cm³/mol. The summed E-state index contributed by atoms with van der Waals surface area (Å²) in [4.78, 5) is 11.4. The molecule has 0 atom stereocenters. The molecule has 0 spiro atoms. The highest BCUT2D eigenvalue weighted by molar-refractivity contribution is 5.63. The Kier molecular flexibility index (Phi) is 8.17. The standard InChI is InChI=1S/C28H31FN4O3/c29-25-7-5-21-17-22(25)19-34-14-3-4-15-35-20-23-18-24(31-28-30-10-9-26(21)32-28)6-8-27(23)36-16-13-33-11-1-2-12-33/h3-10,17-18H,1-2,11-16,19-20H2,(H,30,31,32)/b4-3+. The topological polar surface area (TPSA) is 68.7 Å². The molecule has 0 saturated carbocycles. The fourth-order valence-electron chi connectivity index (χ4n) is 4.37. The molecule has 36 heavy (non-hydrogen) atoms. The van der Waals surface area contributed by atoms with Crippen molar-refractivity contribution in [1.29, 1.82) is 0 Å². The van der Waals surface area contributed by atoms with Gasteiger partial charge in [0.25, 0.3) is 0 Å². The fourth-order valence-corrected chi connectivity index (χ4v) is 4.37. The lowest BCUT2D eigenvalue weighted by Gasteiger charge is -2.17. The van der Waals surface area contributed by atoms with Gasteiger partial charge in [0.1, 0.15) is 18.2 Å². The van der Waals surface area contributed by atoms with Gasteiger partial charge < -0.3 is 19.5 Å². The van der Waals surface area contributed by atoms with Gasteiger partial charge in [0.2, 0.25) is 5.95 Å². The highest BCUT2D eigenvalue weighted by Crippen LogP contribution is 2.27. The summed E-state index contributed by atoms with van der Waals surface area (Å²) in [6, 6.07) is 12.7.